The van der Waals surface area contributed by atoms with Gasteiger partial charge in [0.2, 0.25) is 0 Å². The molecule has 3 aliphatic rings. The Kier molecular flexibility index (Phi) is 2.16. The molecule has 86 valence electrons. The molecule has 0 saturated heterocycles. The zero-order chi connectivity index (χ0) is 11.3. The quantitative estimate of drug-likeness (QED) is 0.764. The molecule has 1 nitrogen and oxygen atoms in total. The van der Waals surface area contributed by atoms with Crippen LogP contribution in [0.3, 0.4) is 0 Å². The SMILES string of the molecule is CC1(C)[C@H]2C[C@H](O)[C@@H](c3ccccc3)[C@@H]1C2. The van der Waals surface area contributed by atoms with Crippen molar-refractivity contribution in [2.45, 2.75) is 38.7 Å². The molecule has 4 atom stereocenters. The summed E-state index contributed by atoms with van der Waals surface area (Å²) in [5.41, 5.74) is 1.76. The molecule has 0 aromatic heterocycles. The summed E-state index contributed by atoms with van der Waals surface area (Å²) < 4.78 is 0. The number of hydrogen-bond acceptors (Lipinski definition) is 1. The minimum Gasteiger partial charge on any atom is -0.392 e. The first-order valence-electron chi connectivity index (χ1n) is 6.33. The fourth-order valence-electron chi connectivity index (χ4n) is 3.90. The van der Waals surface area contributed by atoms with Gasteiger partial charge < -0.3 is 5.11 Å². The van der Waals surface area contributed by atoms with Crippen molar-refractivity contribution >= 4 is 0 Å². The maximum atomic E-state index is 10.3. The minimum atomic E-state index is -0.126. The Labute approximate surface area is 97.5 Å². The zero-order valence-electron chi connectivity index (χ0n) is 10.1. The third-order valence-corrected chi connectivity index (χ3v) is 5.10. The van der Waals surface area contributed by atoms with E-state index in [9.17, 15) is 5.11 Å². The van der Waals surface area contributed by atoms with E-state index >= 15 is 0 Å². The van der Waals surface area contributed by atoms with E-state index in [1.807, 2.05) is 6.07 Å². The molecule has 0 unspecified atom stereocenters. The zero-order valence-corrected chi connectivity index (χ0v) is 10.1. The summed E-state index contributed by atoms with van der Waals surface area (Å²) in [5, 5.41) is 10.3. The van der Waals surface area contributed by atoms with Crippen LogP contribution in [0.4, 0.5) is 0 Å². The monoisotopic (exact) mass is 216 g/mol. The molecular formula is C15H20O. The molecule has 1 heteroatoms. The van der Waals surface area contributed by atoms with Gasteiger partial charge in [0.1, 0.15) is 0 Å². The van der Waals surface area contributed by atoms with E-state index in [2.05, 4.69) is 38.1 Å². The van der Waals surface area contributed by atoms with Gasteiger partial charge >= 0.3 is 0 Å². The van der Waals surface area contributed by atoms with Crippen molar-refractivity contribution < 1.29 is 5.11 Å². The highest BCUT2D eigenvalue weighted by atomic mass is 16.3. The van der Waals surface area contributed by atoms with Crippen LogP contribution < -0.4 is 0 Å². The summed E-state index contributed by atoms with van der Waals surface area (Å²) in [6.07, 6.45) is 2.17. The van der Waals surface area contributed by atoms with Crippen molar-refractivity contribution in [3.63, 3.8) is 0 Å². The highest BCUT2D eigenvalue weighted by molar-refractivity contribution is 5.26. The normalized spacial score (nSPS) is 40.2. The molecule has 2 bridgehead atoms. The third kappa shape index (κ3) is 1.27. The van der Waals surface area contributed by atoms with Gasteiger partial charge in [0.05, 0.1) is 6.10 Å². The topological polar surface area (TPSA) is 20.2 Å². The molecule has 0 aliphatic heterocycles. The molecule has 1 aromatic carbocycles. The number of benzene rings is 1. The van der Waals surface area contributed by atoms with Crippen molar-refractivity contribution in [1.29, 1.82) is 0 Å². The van der Waals surface area contributed by atoms with Gasteiger partial charge in [-0.05, 0) is 35.7 Å². The van der Waals surface area contributed by atoms with Crippen molar-refractivity contribution in [2.24, 2.45) is 17.3 Å². The lowest BCUT2D eigenvalue weighted by atomic mass is 9.44. The summed E-state index contributed by atoms with van der Waals surface area (Å²) in [5.74, 6) is 1.78. The third-order valence-electron chi connectivity index (χ3n) is 5.10. The molecule has 3 aliphatic carbocycles. The second kappa shape index (κ2) is 3.33. The van der Waals surface area contributed by atoms with Crippen LogP contribution in [0.25, 0.3) is 0 Å². The highest BCUT2D eigenvalue weighted by Gasteiger charge is 2.57. The molecule has 0 amide bonds. The average Bonchev–Trinajstić information content (AvgIpc) is 2.29. The Balaban J connectivity index is 1.94. The van der Waals surface area contributed by atoms with E-state index in [1.54, 1.807) is 0 Å². The molecule has 3 fully saturated rings. The smallest absolute Gasteiger partial charge is 0.0614 e. The molecule has 0 heterocycles. The number of rotatable bonds is 1. The highest BCUT2D eigenvalue weighted by Crippen LogP contribution is 2.63. The van der Waals surface area contributed by atoms with Crippen LogP contribution in [0.15, 0.2) is 30.3 Å². The maximum Gasteiger partial charge on any atom is 0.0614 e. The Morgan fingerprint density at radius 2 is 1.81 bits per heavy atom. The number of aliphatic hydroxyl groups excluding tert-OH is 1. The minimum absolute atomic E-state index is 0.126. The molecule has 4 rings (SSSR count). The first kappa shape index (κ1) is 10.3. The van der Waals surface area contributed by atoms with Crippen LogP contribution in [0.1, 0.15) is 38.2 Å². The average molecular weight is 216 g/mol. The summed E-state index contributed by atoms with van der Waals surface area (Å²) in [4.78, 5) is 0. The van der Waals surface area contributed by atoms with Crippen molar-refractivity contribution in [2.75, 3.05) is 0 Å². The van der Waals surface area contributed by atoms with Gasteiger partial charge in [0.25, 0.3) is 0 Å². The van der Waals surface area contributed by atoms with Gasteiger partial charge in [-0.3, -0.25) is 0 Å². The van der Waals surface area contributed by atoms with Gasteiger partial charge in [-0.1, -0.05) is 44.2 Å². The van der Waals surface area contributed by atoms with E-state index in [0.29, 0.717) is 17.3 Å². The first-order valence-corrected chi connectivity index (χ1v) is 6.33. The Hall–Kier alpha value is -0.820. The fraction of sp³-hybridized carbons (Fsp3) is 0.600. The molecule has 1 N–H and O–H groups in total. The molecule has 16 heavy (non-hydrogen) atoms. The maximum absolute atomic E-state index is 10.3. The van der Waals surface area contributed by atoms with Crippen LogP contribution in [-0.2, 0) is 0 Å². The van der Waals surface area contributed by atoms with Gasteiger partial charge in [0.15, 0.2) is 0 Å². The Morgan fingerprint density at radius 1 is 1.12 bits per heavy atom. The largest absolute Gasteiger partial charge is 0.392 e. The molecular weight excluding hydrogens is 196 g/mol. The van der Waals surface area contributed by atoms with E-state index in [0.717, 1.165) is 12.3 Å². The number of aliphatic hydroxyl groups is 1. The second-order valence-electron chi connectivity index (χ2n) is 6.10. The van der Waals surface area contributed by atoms with Gasteiger partial charge in [-0.2, -0.15) is 0 Å². The number of hydrogen-bond donors (Lipinski definition) is 1. The van der Waals surface area contributed by atoms with Crippen molar-refractivity contribution in [3.8, 4) is 0 Å². The van der Waals surface area contributed by atoms with Gasteiger partial charge in [-0.25, -0.2) is 0 Å². The van der Waals surface area contributed by atoms with Crippen LogP contribution in [-0.4, -0.2) is 11.2 Å². The Morgan fingerprint density at radius 3 is 2.44 bits per heavy atom. The van der Waals surface area contributed by atoms with Crippen molar-refractivity contribution in [1.82, 2.24) is 0 Å². The number of fused-ring (bicyclic) bond motifs is 2. The lowest BCUT2D eigenvalue weighted by molar-refractivity contribution is -0.133. The summed E-state index contributed by atoms with van der Waals surface area (Å²) in [7, 11) is 0. The van der Waals surface area contributed by atoms with Gasteiger partial charge in [0, 0.05) is 5.92 Å². The summed E-state index contributed by atoms with van der Waals surface area (Å²) in [6.45, 7) is 4.74. The lowest BCUT2D eigenvalue weighted by Crippen LogP contribution is -2.56. The Bertz CT molecular complexity index is 382. The molecule has 0 radical (unpaired) electrons. The molecule has 0 spiro atoms. The fourth-order valence-corrected chi connectivity index (χ4v) is 3.90. The van der Waals surface area contributed by atoms with Crippen LogP contribution in [0.5, 0.6) is 0 Å². The molecule has 3 saturated carbocycles. The predicted molar refractivity (Wildman–Crippen MR) is 65.2 cm³/mol. The van der Waals surface area contributed by atoms with Gasteiger partial charge in [-0.15, -0.1) is 0 Å². The van der Waals surface area contributed by atoms with E-state index in [4.69, 9.17) is 0 Å². The van der Waals surface area contributed by atoms with Crippen LogP contribution in [0.2, 0.25) is 0 Å². The predicted octanol–water partition coefficient (Wildman–Crippen LogP) is 3.20. The first-order chi connectivity index (χ1) is 7.60. The lowest BCUT2D eigenvalue weighted by Gasteiger charge is -2.61. The van der Waals surface area contributed by atoms with Crippen molar-refractivity contribution in [3.05, 3.63) is 35.9 Å². The van der Waals surface area contributed by atoms with E-state index < -0.39 is 0 Å². The summed E-state index contributed by atoms with van der Waals surface area (Å²) in [6, 6.07) is 10.6. The van der Waals surface area contributed by atoms with E-state index in [-0.39, 0.29) is 6.10 Å². The molecule has 1 aromatic rings. The standard InChI is InChI=1S/C15H20O/c1-15(2)11-8-12(15)14(13(16)9-11)10-6-4-3-5-7-10/h3-7,11-14,16H,8-9H2,1-2H3/t11-,12+,13+,14+/m1/s1. The second-order valence-corrected chi connectivity index (χ2v) is 6.10. The van der Waals surface area contributed by atoms with E-state index in [1.165, 1.54) is 12.0 Å². The van der Waals surface area contributed by atoms with Crippen LogP contribution >= 0.6 is 0 Å². The van der Waals surface area contributed by atoms with Crippen LogP contribution in [0, 0.1) is 17.3 Å². The summed E-state index contributed by atoms with van der Waals surface area (Å²) >= 11 is 0.